The molecule has 1 amide bonds. The molecule has 1 aromatic heterocycles. The summed E-state index contributed by atoms with van der Waals surface area (Å²) in [5.41, 5.74) is 1.52. The molecule has 1 aliphatic heterocycles. The standard InChI is InChI=1S/C19H20ClFN2O2/c1-13-4-5-16(21)17(18(13)20)19(24)23(12-15-3-2-10-25-15)11-14-6-8-22-9-7-14/h4-9,15H,2-3,10-12H2,1H3/t15-/m1/s1. The maximum Gasteiger partial charge on any atom is 0.258 e. The number of amides is 1. The van der Waals surface area contributed by atoms with Crippen LogP contribution in [0.2, 0.25) is 5.02 Å². The highest BCUT2D eigenvalue weighted by molar-refractivity contribution is 6.34. The van der Waals surface area contributed by atoms with Crippen molar-refractivity contribution in [2.75, 3.05) is 13.2 Å². The molecular formula is C19H20ClFN2O2. The molecule has 1 atom stereocenters. The molecule has 0 saturated carbocycles. The van der Waals surface area contributed by atoms with Gasteiger partial charge in [-0.25, -0.2) is 4.39 Å². The molecule has 6 heteroatoms. The first-order valence-electron chi connectivity index (χ1n) is 8.30. The molecule has 0 bridgehead atoms. The van der Waals surface area contributed by atoms with Crippen molar-refractivity contribution in [1.29, 1.82) is 0 Å². The zero-order valence-electron chi connectivity index (χ0n) is 14.0. The summed E-state index contributed by atoms with van der Waals surface area (Å²) < 4.78 is 20.0. The highest BCUT2D eigenvalue weighted by Crippen LogP contribution is 2.26. The summed E-state index contributed by atoms with van der Waals surface area (Å²) in [5, 5.41) is 0.164. The molecule has 2 heterocycles. The topological polar surface area (TPSA) is 42.4 Å². The molecule has 0 aliphatic carbocycles. The Kier molecular flexibility index (Phi) is 5.66. The summed E-state index contributed by atoms with van der Waals surface area (Å²) in [5.74, 6) is -1.02. The van der Waals surface area contributed by atoms with Gasteiger partial charge in [0.15, 0.2) is 0 Å². The molecule has 0 unspecified atom stereocenters. The molecular weight excluding hydrogens is 343 g/mol. The highest BCUT2D eigenvalue weighted by atomic mass is 35.5. The average Bonchev–Trinajstić information content (AvgIpc) is 3.12. The molecule has 1 saturated heterocycles. The van der Waals surface area contributed by atoms with Crippen molar-refractivity contribution >= 4 is 17.5 Å². The zero-order valence-corrected chi connectivity index (χ0v) is 14.8. The molecule has 0 N–H and O–H groups in total. The fourth-order valence-electron chi connectivity index (χ4n) is 2.97. The molecule has 25 heavy (non-hydrogen) atoms. The number of pyridine rings is 1. The van der Waals surface area contributed by atoms with E-state index in [2.05, 4.69) is 4.98 Å². The van der Waals surface area contributed by atoms with Gasteiger partial charge < -0.3 is 9.64 Å². The molecule has 1 aromatic carbocycles. The Labute approximate surface area is 151 Å². The molecule has 3 rings (SSSR count). The second-order valence-electron chi connectivity index (χ2n) is 6.23. The van der Waals surface area contributed by atoms with E-state index in [9.17, 15) is 9.18 Å². The van der Waals surface area contributed by atoms with E-state index in [1.54, 1.807) is 30.3 Å². The van der Waals surface area contributed by atoms with Crippen LogP contribution in [0.5, 0.6) is 0 Å². The third-order valence-electron chi connectivity index (χ3n) is 4.36. The minimum absolute atomic E-state index is 0.0302. The van der Waals surface area contributed by atoms with Crippen LogP contribution in [-0.4, -0.2) is 35.0 Å². The first-order valence-corrected chi connectivity index (χ1v) is 8.68. The van der Waals surface area contributed by atoms with Gasteiger partial charge in [-0.1, -0.05) is 17.7 Å². The lowest BCUT2D eigenvalue weighted by molar-refractivity contribution is 0.0504. The molecule has 1 aliphatic rings. The van der Waals surface area contributed by atoms with Crippen LogP contribution in [0.1, 0.15) is 34.3 Å². The Balaban J connectivity index is 1.90. The number of nitrogens with zero attached hydrogens (tertiary/aromatic N) is 2. The van der Waals surface area contributed by atoms with Gasteiger partial charge in [-0.15, -0.1) is 0 Å². The lowest BCUT2D eigenvalue weighted by Gasteiger charge is -2.26. The van der Waals surface area contributed by atoms with Gasteiger partial charge in [-0.05, 0) is 49.1 Å². The fourth-order valence-corrected chi connectivity index (χ4v) is 3.21. The minimum atomic E-state index is -0.604. The smallest absolute Gasteiger partial charge is 0.258 e. The SMILES string of the molecule is Cc1ccc(F)c(C(=O)N(Cc2ccncc2)C[C@H]2CCCO2)c1Cl. The number of ether oxygens (including phenoxy) is 1. The third-order valence-corrected chi connectivity index (χ3v) is 4.84. The molecule has 132 valence electrons. The largest absolute Gasteiger partial charge is 0.376 e. The Morgan fingerprint density at radius 2 is 2.12 bits per heavy atom. The van der Waals surface area contributed by atoms with Gasteiger partial charge in [-0.3, -0.25) is 9.78 Å². The van der Waals surface area contributed by atoms with E-state index >= 15 is 0 Å². The van der Waals surface area contributed by atoms with E-state index in [1.165, 1.54) is 6.07 Å². The normalized spacial score (nSPS) is 16.8. The van der Waals surface area contributed by atoms with Crippen LogP contribution < -0.4 is 0 Å². The van der Waals surface area contributed by atoms with Gasteiger partial charge in [0, 0.05) is 32.1 Å². The van der Waals surface area contributed by atoms with Crippen molar-refractivity contribution in [2.24, 2.45) is 0 Å². The van der Waals surface area contributed by atoms with Crippen molar-refractivity contribution in [1.82, 2.24) is 9.88 Å². The first kappa shape index (κ1) is 17.8. The fraction of sp³-hybridized carbons (Fsp3) is 0.368. The van der Waals surface area contributed by atoms with Gasteiger partial charge in [0.25, 0.3) is 5.91 Å². The van der Waals surface area contributed by atoms with Crippen molar-refractivity contribution in [2.45, 2.75) is 32.4 Å². The second kappa shape index (κ2) is 7.93. The highest BCUT2D eigenvalue weighted by Gasteiger charge is 2.27. The van der Waals surface area contributed by atoms with Crippen LogP contribution in [0, 0.1) is 12.7 Å². The number of hydrogen-bond acceptors (Lipinski definition) is 3. The Hall–Kier alpha value is -1.98. The van der Waals surface area contributed by atoms with Crippen molar-refractivity contribution < 1.29 is 13.9 Å². The van der Waals surface area contributed by atoms with Crippen LogP contribution in [0.15, 0.2) is 36.7 Å². The van der Waals surface area contributed by atoms with Crippen LogP contribution >= 0.6 is 11.6 Å². The Morgan fingerprint density at radius 3 is 2.80 bits per heavy atom. The number of aromatic nitrogens is 1. The number of carbonyl (C=O) groups excluding carboxylic acids is 1. The van der Waals surface area contributed by atoms with E-state index in [-0.39, 0.29) is 16.7 Å². The second-order valence-corrected chi connectivity index (χ2v) is 6.61. The van der Waals surface area contributed by atoms with Crippen molar-refractivity contribution in [3.63, 3.8) is 0 Å². The zero-order chi connectivity index (χ0) is 17.8. The van der Waals surface area contributed by atoms with Crippen molar-refractivity contribution in [3.8, 4) is 0 Å². The average molecular weight is 363 g/mol. The lowest BCUT2D eigenvalue weighted by Crippen LogP contribution is -2.37. The molecule has 4 nitrogen and oxygen atoms in total. The first-order chi connectivity index (χ1) is 12.1. The van der Waals surface area contributed by atoms with Gasteiger partial charge in [0.05, 0.1) is 16.7 Å². The maximum atomic E-state index is 14.3. The number of halogens is 2. The molecule has 0 radical (unpaired) electrons. The van der Waals surface area contributed by atoms with Crippen LogP contribution in [0.4, 0.5) is 4.39 Å². The van der Waals surface area contributed by atoms with Gasteiger partial charge in [0.1, 0.15) is 5.82 Å². The van der Waals surface area contributed by atoms with E-state index in [1.807, 2.05) is 12.1 Å². The van der Waals surface area contributed by atoms with Crippen LogP contribution in [-0.2, 0) is 11.3 Å². The third kappa shape index (κ3) is 4.17. The van der Waals surface area contributed by atoms with Gasteiger partial charge in [0.2, 0.25) is 0 Å². The lowest BCUT2D eigenvalue weighted by atomic mass is 10.1. The number of hydrogen-bond donors (Lipinski definition) is 0. The van der Waals surface area contributed by atoms with Crippen molar-refractivity contribution in [3.05, 3.63) is 64.2 Å². The number of benzene rings is 1. The van der Waals surface area contributed by atoms with Crippen LogP contribution in [0.3, 0.4) is 0 Å². The Morgan fingerprint density at radius 1 is 1.36 bits per heavy atom. The Bertz CT molecular complexity index is 749. The minimum Gasteiger partial charge on any atom is -0.376 e. The monoisotopic (exact) mass is 362 g/mol. The summed E-state index contributed by atoms with van der Waals surface area (Å²) in [6.45, 7) is 3.21. The van der Waals surface area contributed by atoms with Crippen LogP contribution in [0.25, 0.3) is 0 Å². The van der Waals surface area contributed by atoms with E-state index in [0.717, 1.165) is 18.4 Å². The molecule has 1 fully saturated rings. The summed E-state index contributed by atoms with van der Waals surface area (Å²) in [6.07, 6.45) is 5.18. The number of aryl methyl sites for hydroxylation is 1. The summed E-state index contributed by atoms with van der Waals surface area (Å²) in [6, 6.07) is 6.53. The maximum absolute atomic E-state index is 14.3. The predicted molar refractivity (Wildman–Crippen MR) is 94.1 cm³/mol. The number of rotatable bonds is 5. The molecule has 2 aromatic rings. The summed E-state index contributed by atoms with van der Waals surface area (Å²) in [4.78, 5) is 18.7. The van der Waals surface area contributed by atoms with Gasteiger partial charge in [-0.2, -0.15) is 0 Å². The summed E-state index contributed by atoms with van der Waals surface area (Å²) in [7, 11) is 0. The molecule has 0 spiro atoms. The van der Waals surface area contributed by atoms with E-state index < -0.39 is 11.7 Å². The summed E-state index contributed by atoms with van der Waals surface area (Å²) >= 11 is 6.23. The quantitative estimate of drug-likeness (QED) is 0.807. The van der Waals surface area contributed by atoms with E-state index in [4.69, 9.17) is 16.3 Å². The van der Waals surface area contributed by atoms with E-state index in [0.29, 0.717) is 25.3 Å². The predicted octanol–water partition coefficient (Wildman–Crippen LogP) is 4.00. The number of carbonyl (C=O) groups is 1. The van der Waals surface area contributed by atoms with Gasteiger partial charge >= 0.3 is 0 Å².